The normalized spacial score (nSPS) is 17.0. The minimum Gasteiger partial charge on any atom is -0.493 e. The number of hydrogen-bond acceptors (Lipinski definition) is 6. The summed E-state index contributed by atoms with van der Waals surface area (Å²) in [6, 6.07) is 11.4. The predicted octanol–water partition coefficient (Wildman–Crippen LogP) is 2.31. The maximum atomic E-state index is 11.6. The zero-order valence-corrected chi connectivity index (χ0v) is 18.9. The molecule has 2 amide bonds. The van der Waals surface area contributed by atoms with Crippen LogP contribution < -0.4 is 10.1 Å². The van der Waals surface area contributed by atoms with Gasteiger partial charge in [0.15, 0.2) is 0 Å². The molecule has 0 bridgehead atoms. The van der Waals surface area contributed by atoms with Crippen LogP contribution in [0.5, 0.6) is 5.75 Å². The molecule has 1 saturated heterocycles. The molecule has 3 rings (SSSR count). The van der Waals surface area contributed by atoms with Crippen LogP contribution in [0.2, 0.25) is 0 Å². The third kappa shape index (κ3) is 6.06. The van der Waals surface area contributed by atoms with E-state index in [2.05, 4.69) is 17.2 Å². The first kappa shape index (κ1) is 22.9. The van der Waals surface area contributed by atoms with Gasteiger partial charge in [0.2, 0.25) is 5.91 Å². The fraction of sp³-hybridized carbons (Fsp3) is 0.350. The molecule has 1 radical (unpaired) electrons. The summed E-state index contributed by atoms with van der Waals surface area (Å²) in [6.07, 6.45) is 3.25. The van der Waals surface area contributed by atoms with E-state index in [1.165, 1.54) is 0 Å². The number of nitrogens with one attached hydrogen (secondary N) is 1. The summed E-state index contributed by atoms with van der Waals surface area (Å²) in [4.78, 5) is 27.3. The second-order valence-corrected chi connectivity index (χ2v) is 7.54. The van der Waals surface area contributed by atoms with Crippen LogP contribution in [0.25, 0.3) is 0 Å². The number of carbonyl (C=O) groups is 2. The molecule has 1 aromatic heterocycles. The molecular weight excluding hydrogens is 387 g/mol. The van der Waals surface area contributed by atoms with Gasteiger partial charge >= 0.3 is 0 Å². The molecule has 1 aliphatic rings. The van der Waals surface area contributed by atoms with Gasteiger partial charge in [-0.2, -0.15) is 0 Å². The van der Waals surface area contributed by atoms with Crippen molar-refractivity contribution in [1.82, 2.24) is 10.3 Å². The predicted molar refractivity (Wildman–Crippen MR) is 110 cm³/mol. The maximum absolute atomic E-state index is 11.6. The van der Waals surface area contributed by atoms with Gasteiger partial charge in [0.05, 0.1) is 24.4 Å². The van der Waals surface area contributed by atoms with Gasteiger partial charge in [-0.25, -0.2) is 0 Å². The summed E-state index contributed by atoms with van der Waals surface area (Å²) in [5.41, 5.74) is 2.92. The van der Waals surface area contributed by atoms with Crippen molar-refractivity contribution in [3.8, 4) is 5.75 Å². The largest absolute Gasteiger partial charge is 0.493 e. The topological polar surface area (TPSA) is 88.5 Å². The number of amides is 2. The Hall–Kier alpha value is -1.38. The zero-order chi connectivity index (χ0) is 19.2. The summed E-state index contributed by atoms with van der Waals surface area (Å²) in [7, 11) is 0. The summed E-state index contributed by atoms with van der Waals surface area (Å²) in [5.74, 6) is 0.250. The molecule has 2 atom stereocenters. The third-order valence-corrected chi connectivity index (χ3v) is 5.44. The van der Waals surface area contributed by atoms with E-state index < -0.39 is 0 Å². The molecule has 1 aliphatic heterocycles. The van der Waals surface area contributed by atoms with Crippen LogP contribution in [-0.2, 0) is 17.6 Å². The average molecular weight is 409 g/mol. The zero-order valence-electron chi connectivity index (χ0n) is 16.1. The van der Waals surface area contributed by atoms with Crippen LogP contribution in [0.15, 0.2) is 42.6 Å². The second-order valence-electron chi connectivity index (χ2n) is 6.37. The number of imide groups is 1. The molecule has 2 N–H and O–H groups in total. The Balaban J connectivity index is 0.00000280. The Kier molecular flexibility index (Phi) is 8.98. The van der Waals surface area contributed by atoms with Crippen LogP contribution in [0.4, 0.5) is 4.79 Å². The van der Waals surface area contributed by atoms with Crippen molar-refractivity contribution < 1.29 is 19.4 Å². The van der Waals surface area contributed by atoms with E-state index in [9.17, 15) is 14.7 Å². The van der Waals surface area contributed by atoms with Gasteiger partial charge in [0, 0.05) is 41.4 Å². The van der Waals surface area contributed by atoms with E-state index in [0.29, 0.717) is 18.8 Å². The molecule has 6 nitrogen and oxygen atoms in total. The third-order valence-electron chi connectivity index (χ3n) is 4.46. The van der Waals surface area contributed by atoms with Crippen molar-refractivity contribution in [3.63, 3.8) is 0 Å². The number of ether oxygens (including phenoxy) is 1. The number of thioether (sulfide) groups is 1. The van der Waals surface area contributed by atoms with Crippen molar-refractivity contribution in [2.45, 2.75) is 30.9 Å². The standard InChI is InChI=1S/C20H22N2O4S.Na/c1-2-13-5-8-17(21-10-13)15(11-23)12-26-16-6-3-14(4-7-16)9-18-19(24)22-20(25)27-18;/h3-8,10,15,18,23H,2,9,11-12H2,1H3,(H,22,24,25);. The van der Waals surface area contributed by atoms with Crippen molar-refractivity contribution in [2.24, 2.45) is 0 Å². The smallest absolute Gasteiger partial charge is 0.286 e. The molecule has 2 aromatic rings. The van der Waals surface area contributed by atoms with Gasteiger partial charge in [-0.1, -0.05) is 36.9 Å². The van der Waals surface area contributed by atoms with Gasteiger partial charge in [-0.05, 0) is 42.2 Å². The maximum Gasteiger partial charge on any atom is 0.286 e. The van der Waals surface area contributed by atoms with E-state index in [0.717, 1.165) is 35.0 Å². The SMILES string of the molecule is CCc1ccc(C(CO)COc2ccc(CC3SC(=O)NC3=O)cc2)nc1.[Na]. The number of aryl methyl sites for hydroxylation is 1. The van der Waals surface area contributed by atoms with Crippen molar-refractivity contribution in [3.05, 3.63) is 59.4 Å². The van der Waals surface area contributed by atoms with E-state index in [1.807, 2.05) is 42.6 Å². The molecule has 28 heavy (non-hydrogen) atoms. The second kappa shape index (κ2) is 11.0. The first-order chi connectivity index (χ1) is 13.1. The van der Waals surface area contributed by atoms with E-state index in [1.54, 1.807) is 0 Å². The molecule has 8 heteroatoms. The quantitative estimate of drug-likeness (QED) is 0.651. The van der Waals surface area contributed by atoms with Crippen LogP contribution in [0.1, 0.15) is 29.7 Å². The molecule has 0 saturated carbocycles. The minimum atomic E-state index is -0.375. The molecule has 0 spiro atoms. The first-order valence-corrected chi connectivity index (χ1v) is 9.76. The number of carbonyl (C=O) groups excluding carboxylic acids is 2. The van der Waals surface area contributed by atoms with Crippen molar-refractivity contribution >= 4 is 52.5 Å². The molecule has 2 heterocycles. The Morgan fingerprint density at radius 3 is 2.43 bits per heavy atom. The first-order valence-electron chi connectivity index (χ1n) is 8.88. The summed E-state index contributed by atoms with van der Waals surface area (Å²) in [6.45, 7) is 2.35. The Bertz CT molecular complexity index is 799. The van der Waals surface area contributed by atoms with Gasteiger partial charge in [0.1, 0.15) is 5.75 Å². The number of aliphatic hydroxyl groups is 1. The fourth-order valence-electron chi connectivity index (χ4n) is 2.78. The van der Waals surface area contributed by atoms with Gasteiger partial charge < -0.3 is 9.84 Å². The summed E-state index contributed by atoms with van der Waals surface area (Å²) < 4.78 is 5.79. The van der Waals surface area contributed by atoms with Crippen LogP contribution >= 0.6 is 11.8 Å². The number of aliphatic hydroxyl groups excluding tert-OH is 1. The number of nitrogens with zero attached hydrogens (tertiary/aromatic N) is 1. The number of aromatic nitrogens is 1. The van der Waals surface area contributed by atoms with Crippen LogP contribution in [0, 0.1) is 0 Å². The summed E-state index contributed by atoms with van der Waals surface area (Å²) in [5, 5.41) is 11.3. The van der Waals surface area contributed by atoms with Crippen molar-refractivity contribution in [2.75, 3.05) is 13.2 Å². The van der Waals surface area contributed by atoms with Crippen LogP contribution in [0.3, 0.4) is 0 Å². The fourth-order valence-corrected chi connectivity index (χ4v) is 3.64. The molecule has 143 valence electrons. The molecule has 0 aliphatic carbocycles. The monoisotopic (exact) mass is 409 g/mol. The van der Waals surface area contributed by atoms with E-state index in [4.69, 9.17) is 4.74 Å². The van der Waals surface area contributed by atoms with E-state index >= 15 is 0 Å². The summed E-state index contributed by atoms with van der Waals surface area (Å²) >= 11 is 1.02. The van der Waals surface area contributed by atoms with Crippen LogP contribution in [-0.4, -0.2) is 69.3 Å². The Morgan fingerprint density at radius 1 is 1.18 bits per heavy atom. The number of pyridine rings is 1. The van der Waals surface area contributed by atoms with E-state index in [-0.39, 0.29) is 58.5 Å². The Morgan fingerprint density at radius 2 is 1.89 bits per heavy atom. The Labute approximate surface area is 190 Å². The minimum absolute atomic E-state index is 0. The number of hydrogen-bond donors (Lipinski definition) is 2. The number of benzene rings is 1. The van der Waals surface area contributed by atoms with Gasteiger partial charge in [-0.3, -0.25) is 19.9 Å². The molecule has 1 fully saturated rings. The van der Waals surface area contributed by atoms with Gasteiger partial charge in [0.25, 0.3) is 5.24 Å². The molecule has 2 unspecified atom stereocenters. The average Bonchev–Trinajstić information content (AvgIpc) is 3.01. The molecule has 1 aromatic carbocycles. The number of rotatable bonds is 8. The van der Waals surface area contributed by atoms with Gasteiger partial charge in [-0.15, -0.1) is 0 Å². The van der Waals surface area contributed by atoms with Crippen molar-refractivity contribution in [1.29, 1.82) is 0 Å². The molecular formula is C20H22N2NaO4S.